The Labute approximate surface area is 121 Å². The fourth-order valence-corrected chi connectivity index (χ4v) is 3.16. The summed E-state index contributed by atoms with van der Waals surface area (Å²) in [5.74, 6) is 0.597. The van der Waals surface area contributed by atoms with Crippen molar-refractivity contribution in [3.05, 3.63) is 29.6 Å². The molecule has 20 heavy (non-hydrogen) atoms. The minimum absolute atomic E-state index is 0.0685. The lowest BCUT2D eigenvalue weighted by molar-refractivity contribution is 0.442. The van der Waals surface area contributed by atoms with Crippen molar-refractivity contribution in [2.75, 3.05) is 18.0 Å². The summed E-state index contributed by atoms with van der Waals surface area (Å²) < 4.78 is 14.4. The molecule has 0 amide bonds. The van der Waals surface area contributed by atoms with E-state index in [0.717, 1.165) is 24.3 Å². The largest absolute Gasteiger partial charge is 0.369 e. The highest BCUT2D eigenvalue weighted by atomic mass is 19.1. The van der Waals surface area contributed by atoms with E-state index >= 15 is 0 Å². The highest BCUT2D eigenvalue weighted by Gasteiger charge is 2.24. The van der Waals surface area contributed by atoms with Gasteiger partial charge in [0, 0.05) is 25.2 Å². The molecule has 1 saturated heterocycles. The van der Waals surface area contributed by atoms with E-state index in [1.165, 1.54) is 25.7 Å². The van der Waals surface area contributed by atoms with Gasteiger partial charge in [-0.15, -0.1) is 0 Å². The van der Waals surface area contributed by atoms with Gasteiger partial charge in [-0.2, -0.15) is 0 Å². The summed E-state index contributed by atoms with van der Waals surface area (Å²) in [5.41, 5.74) is 1.84. The van der Waals surface area contributed by atoms with Gasteiger partial charge in [0.25, 0.3) is 0 Å². The molecule has 1 heterocycles. The molecule has 0 radical (unpaired) electrons. The first-order valence-corrected chi connectivity index (χ1v) is 7.94. The van der Waals surface area contributed by atoms with Gasteiger partial charge in [0.15, 0.2) is 0 Å². The van der Waals surface area contributed by atoms with Crippen LogP contribution in [0, 0.1) is 11.7 Å². The first-order valence-electron chi connectivity index (χ1n) is 7.94. The van der Waals surface area contributed by atoms with Crippen LogP contribution < -0.4 is 10.2 Å². The zero-order valence-corrected chi connectivity index (χ0v) is 12.5. The van der Waals surface area contributed by atoms with E-state index in [9.17, 15) is 4.39 Å². The van der Waals surface area contributed by atoms with E-state index in [0.29, 0.717) is 12.0 Å². The predicted octanol–water partition coefficient (Wildman–Crippen LogP) is 3.88. The molecule has 1 saturated carbocycles. The van der Waals surface area contributed by atoms with Gasteiger partial charge in [-0.25, -0.2) is 4.39 Å². The molecule has 2 nitrogen and oxygen atoms in total. The Morgan fingerprint density at radius 1 is 1.30 bits per heavy atom. The highest BCUT2D eigenvalue weighted by molar-refractivity contribution is 5.50. The van der Waals surface area contributed by atoms with Gasteiger partial charge in [-0.3, -0.25) is 0 Å². The summed E-state index contributed by atoms with van der Waals surface area (Å²) in [6.07, 6.45) is 4.95. The molecule has 2 atom stereocenters. The smallest absolute Gasteiger partial charge is 0.146 e. The molecule has 1 aromatic carbocycles. The molecule has 1 aliphatic carbocycles. The van der Waals surface area contributed by atoms with Crippen LogP contribution in [0.3, 0.4) is 0 Å². The summed E-state index contributed by atoms with van der Waals surface area (Å²) in [4.78, 5) is 2.20. The highest BCUT2D eigenvalue weighted by Crippen LogP contribution is 2.29. The molecule has 0 unspecified atom stereocenters. The van der Waals surface area contributed by atoms with Crippen molar-refractivity contribution in [2.45, 2.75) is 51.6 Å². The van der Waals surface area contributed by atoms with Crippen LogP contribution in [0.2, 0.25) is 0 Å². The molecule has 3 heteroatoms. The molecule has 3 rings (SSSR count). The molecule has 1 aliphatic heterocycles. The molecule has 110 valence electrons. The molecule has 2 aliphatic rings. The maximum Gasteiger partial charge on any atom is 0.146 e. The summed E-state index contributed by atoms with van der Waals surface area (Å²) in [7, 11) is 0. The second kappa shape index (κ2) is 5.72. The van der Waals surface area contributed by atoms with Crippen molar-refractivity contribution < 1.29 is 4.39 Å². The summed E-state index contributed by atoms with van der Waals surface area (Å²) in [6.45, 7) is 6.33. The quantitative estimate of drug-likeness (QED) is 0.898. The third-order valence-corrected chi connectivity index (χ3v) is 4.53. The lowest BCUT2D eigenvalue weighted by atomic mass is 9.99. The number of hydrogen-bond acceptors (Lipinski definition) is 2. The first-order chi connectivity index (χ1) is 9.63. The zero-order valence-electron chi connectivity index (χ0n) is 12.5. The van der Waals surface area contributed by atoms with Crippen LogP contribution in [0.4, 0.5) is 10.1 Å². The van der Waals surface area contributed by atoms with Crippen molar-refractivity contribution >= 4 is 5.69 Å². The van der Waals surface area contributed by atoms with E-state index in [1.807, 2.05) is 6.07 Å². The predicted molar refractivity (Wildman–Crippen MR) is 81.6 cm³/mol. The number of rotatable bonds is 4. The van der Waals surface area contributed by atoms with Gasteiger partial charge in [0.2, 0.25) is 0 Å². The molecule has 0 spiro atoms. The van der Waals surface area contributed by atoms with E-state index in [-0.39, 0.29) is 11.9 Å². The standard InChI is InChI=1S/C17H25FN2/c1-12-4-3-9-20(11-12)17-8-5-14(10-16(17)18)13(2)19-15-6-7-15/h5,8,10,12-13,15,19H,3-4,6-7,9,11H2,1-2H3/t12-,13+/m0/s1. The van der Waals surface area contributed by atoms with Crippen LogP contribution in [0.5, 0.6) is 0 Å². The second-order valence-corrected chi connectivity index (χ2v) is 6.57. The van der Waals surface area contributed by atoms with Gasteiger partial charge in [0.1, 0.15) is 5.82 Å². The summed E-state index contributed by atoms with van der Waals surface area (Å²) in [6, 6.07) is 6.65. The van der Waals surface area contributed by atoms with Gasteiger partial charge < -0.3 is 10.2 Å². The average Bonchev–Trinajstić information content (AvgIpc) is 3.22. The number of benzene rings is 1. The number of nitrogens with one attached hydrogen (secondary N) is 1. The lowest BCUT2D eigenvalue weighted by Crippen LogP contribution is -2.34. The van der Waals surface area contributed by atoms with Crippen molar-refractivity contribution in [3.63, 3.8) is 0 Å². The van der Waals surface area contributed by atoms with Crippen LogP contribution in [0.15, 0.2) is 18.2 Å². The van der Waals surface area contributed by atoms with Crippen molar-refractivity contribution in [3.8, 4) is 0 Å². The number of halogens is 1. The molecule has 1 aromatic rings. The van der Waals surface area contributed by atoms with Gasteiger partial charge in [-0.1, -0.05) is 13.0 Å². The normalized spacial score (nSPS) is 24.8. The number of piperidine rings is 1. The van der Waals surface area contributed by atoms with Crippen molar-refractivity contribution in [2.24, 2.45) is 5.92 Å². The SMILES string of the molecule is C[C@H]1CCCN(c2ccc([C@@H](C)NC3CC3)cc2F)C1. The maximum atomic E-state index is 14.4. The van der Waals surface area contributed by atoms with Gasteiger partial charge >= 0.3 is 0 Å². The molecule has 2 fully saturated rings. The van der Waals surface area contributed by atoms with Crippen LogP contribution in [0.25, 0.3) is 0 Å². The number of nitrogens with zero attached hydrogens (tertiary/aromatic N) is 1. The maximum absolute atomic E-state index is 14.4. The van der Waals surface area contributed by atoms with Gasteiger partial charge in [0.05, 0.1) is 5.69 Å². The third-order valence-electron chi connectivity index (χ3n) is 4.53. The fourth-order valence-electron chi connectivity index (χ4n) is 3.16. The Balaban J connectivity index is 1.72. The van der Waals surface area contributed by atoms with Crippen LogP contribution in [-0.2, 0) is 0 Å². The molecular formula is C17H25FN2. The van der Waals surface area contributed by atoms with Crippen LogP contribution in [0.1, 0.15) is 51.1 Å². The topological polar surface area (TPSA) is 15.3 Å². The average molecular weight is 276 g/mol. The lowest BCUT2D eigenvalue weighted by Gasteiger charge is -2.33. The molecule has 0 bridgehead atoms. The Hall–Kier alpha value is -1.09. The first kappa shape index (κ1) is 13.9. The zero-order chi connectivity index (χ0) is 14.1. The minimum Gasteiger partial charge on any atom is -0.369 e. The van der Waals surface area contributed by atoms with E-state index in [4.69, 9.17) is 0 Å². The number of hydrogen-bond donors (Lipinski definition) is 1. The minimum atomic E-state index is -0.0685. The van der Waals surface area contributed by atoms with Crippen LogP contribution in [-0.4, -0.2) is 19.1 Å². The summed E-state index contributed by atoms with van der Waals surface area (Å²) in [5, 5.41) is 3.52. The van der Waals surface area contributed by atoms with Crippen LogP contribution >= 0.6 is 0 Å². The fraction of sp³-hybridized carbons (Fsp3) is 0.647. The van der Waals surface area contributed by atoms with Crippen molar-refractivity contribution in [1.29, 1.82) is 0 Å². The molecule has 0 aromatic heterocycles. The Morgan fingerprint density at radius 2 is 2.10 bits per heavy atom. The molecular weight excluding hydrogens is 251 g/mol. The Bertz CT molecular complexity index is 470. The second-order valence-electron chi connectivity index (χ2n) is 6.57. The number of anilines is 1. The van der Waals surface area contributed by atoms with E-state index in [1.54, 1.807) is 6.07 Å². The van der Waals surface area contributed by atoms with E-state index < -0.39 is 0 Å². The molecule has 1 N–H and O–H groups in total. The van der Waals surface area contributed by atoms with E-state index in [2.05, 4.69) is 30.1 Å². The Morgan fingerprint density at radius 3 is 2.75 bits per heavy atom. The van der Waals surface area contributed by atoms with Crippen molar-refractivity contribution in [1.82, 2.24) is 5.32 Å². The third kappa shape index (κ3) is 3.14. The Kier molecular flexibility index (Phi) is 3.97. The summed E-state index contributed by atoms with van der Waals surface area (Å²) >= 11 is 0. The van der Waals surface area contributed by atoms with Gasteiger partial charge in [-0.05, 0) is 56.2 Å². The monoisotopic (exact) mass is 276 g/mol.